The highest BCUT2D eigenvalue weighted by atomic mass is 16.3. The molecule has 0 spiro atoms. The second kappa shape index (κ2) is 5.79. The van der Waals surface area contributed by atoms with E-state index in [9.17, 15) is 10.2 Å². The molecule has 0 bridgehead atoms. The molecule has 0 atom stereocenters. The van der Waals surface area contributed by atoms with Gasteiger partial charge in [0, 0.05) is 6.07 Å². The molecule has 2 heteroatoms. The van der Waals surface area contributed by atoms with Gasteiger partial charge in [-0.05, 0) is 47.6 Å². The minimum atomic E-state index is 0.116. The second-order valence-corrected chi connectivity index (χ2v) is 5.25. The minimum Gasteiger partial charge on any atom is -0.508 e. The molecule has 0 aliphatic heterocycles. The zero-order valence-electron chi connectivity index (χ0n) is 11.4. The highest BCUT2D eigenvalue weighted by molar-refractivity contribution is 5.37. The van der Waals surface area contributed by atoms with Gasteiger partial charge in [0.05, 0.1) is 0 Å². The van der Waals surface area contributed by atoms with Gasteiger partial charge in [-0.25, -0.2) is 0 Å². The van der Waals surface area contributed by atoms with Gasteiger partial charge in [0.25, 0.3) is 0 Å². The van der Waals surface area contributed by atoms with Gasteiger partial charge in [0.2, 0.25) is 0 Å². The Balaban J connectivity index is 2.02. The molecular formula is C17H20O2. The smallest absolute Gasteiger partial charge is 0.119 e. The fraction of sp³-hybridized carbons (Fsp3) is 0.294. The molecule has 100 valence electrons. The first-order valence-corrected chi connectivity index (χ1v) is 6.65. The molecule has 0 unspecified atom stereocenters. The van der Waals surface area contributed by atoms with E-state index in [0.717, 1.165) is 18.4 Å². The quantitative estimate of drug-likeness (QED) is 0.867. The van der Waals surface area contributed by atoms with Crippen LogP contribution in [-0.4, -0.2) is 10.2 Å². The monoisotopic (exact) mass is 256 g/mol. The average molecular weight is 256 g/mol. The van der Waals surface area contributed by atoms with Gasteiger partial charge in [-0.3, -0.25) is 0 Å². The summed E-state index contributed by atoms with van der Waals surface area (Å²) in [5.41, 5.74) is 3.57. The lowest BCUT2D eigenvalue weighted by molar-refractivity contribution is 0.449. The van der Waals surface area contributed by atoms with E-state index >= 15 is 0 Å². The Hall–Kier alpha value is -1.96. The van der Waals surface area contributed by atoms with E-state index in [0.29, 0.717) is 5.92 Å². The van der Waals surface area contributed by atoms with Crippen LogP contribution in [0.25, 0.3) is 0 Å². The summed E-state index contributed by atoms with van der Waals surface area (Å²) in [6.45, 7) is 4.37. The number of hydrogen-bond donors (Lipinski definition) is 2. The maximum Gasteiger partial charge on any atom is 0.119 e. The van der Waals surface area contributed by atoms with Crippen LogP contribution in [0.15, 0.2) is 42.5 Å². The summed E-state index contributed by atoms with van der Waals surface area (Å²) >= 11 is 0. The van der Waals surface area contributed by atoms with Gasteiger partial charge in [-0.2, -0.15) is 0 Å². The fourth-order valence-electron chi connectivity index (χ4n) is 2.16. The van der Waals surface area contributed by atoms with Crippen molar-refractivity contribution in [3.63, 3.8) is 0 Å². The first kappa shape index (κ1) is 13.5. The van der Waals surface area contributed by atoms with Crippen LogP contribution in [-0.2, 0) is 12.8 Å². The zero-order chi connectivity index (χ0) is 13.8. The molecule has 0 aliphatic rings. The van der Waals surface area contributed by atoms with E-state index in [2.05, 4.69) is 38.1 Å². The van der Waals surface area contributed by atoms with Crippen LogP contribution in [0.4, 0.5) is 0 Å². The molecule has 0 saturated heterocycles. The maximum absolute atomic E-state index is 9.43. The predicted octanol–water partition coefficient (Wildman–Crippen LogP) is 4.01. The van der Waals surface area contributed by atoms with Crippen molar-refractivity contribution >= 4 is 0 Å². The summed E-state index contributed by atoms with van der Waals surface area (Å²) in [4.78, 5) is 0. The summed E-state index contributed by atoms with van der Waals surface area (Å²) in [5.74, 6) is 0.785. The highest BCUT2D eigenvalue weighted by Crippen LogP contribution is 2.22. The number of hydrogen-bond acceptors (Lipinski definition) is 2. The van der Waals surface area contributed by atoms with Crippen molar-refractivity contribution < 1.29 is 10.2 Å². The van der Waals surface area contributed by atoms with E-state index in [1.54, 1.807) is 12.1 Å². The van der Waals surface area contributed by atoms with Crippen LogP contribution in [0.2, 0.25) is 0 Å². The Kier molecular flexibility index (Phi) is 4.10. The fourth-order valence-corrected chi connectivity index (χ4v) is 2.16. The van der Waals surface area contributed by atoms with E-state index in [1.165, 1.54) is 17.2 Å². The lowest BCUT2D eigenvalue weighted by Crippen LogP contribution is -1.93. The number of phenols is 2. The lowest BCUT2D eigenvalue weighted by atomic mass is 9.99. The molecule has 0 saturated carbocycles. The van der Waals surface area contributed by atoms with Crippen LogP contribution in [0.1, 0.15) is 36.5 Å². The first-order chi connectivity index (χ1) is 9.04. The third kappa shape index (κ3) is 3.75. The number of rotatable bonds is 4. The number of phenolic OH excluding ortho intramolecular Hbond substituents is 2. The summed E-state index contributed by atoms with van der Waals surface area (Å²) in [6.07, 6.45) is 1.71. The van der Waals surface area contributed by atoms with Crippen LogP contribution in [0, 0.1) is 0 Å². The first-order valence-electron chi connectivity index (χ1n) is 6.65. The van der Waals surface area contributed by atoms with Gasteiger partial charge in [0.1, 0.15) is 11.5 Å². The summed E-state index contributed by atoms with van der Waals surface area (Å²) < 4.78 is 0. The third-order valence-corrected chi connectivity index (χ3v) is 3.31. The van der Waals surface area contributed by atoms with Crippen molar-refractivity contribution in [1.29, 1.82) is 0 Å². The summed E-state index contributed by atoms with van der Waals surface area (Å²) in [7, 11) is 0. The van der Waals surface area contributed by atoms with E-state index < -0.39 is 0 Å². The average Bonchev–Trinajstić information content (AvgIpc) is 2.36. The van der Waals surface area contributed by atoms with Crippen LogP contribution >= 0.6 is 0 Å². The maximum atomic E-state index is 9.43. The molecule has 0 heterocycles. The molecular weight excluding hydrogens is 236 g/mol. The molecule has 0 fully saturated rings. The van der Waals surface area contributed by atoms with Gasteiger partial charge in [-0.1, -0.05) is 38.1 Å². The van der Waals surface area contributed by atoms with Crippen molar-refractivity contribution in [1.82, 2.24) is 0 Å². The van der Waals surface area contributed by atoms with E-state index in [-0.39, 0.29) is 11.5 Å². The van der Waals surface area contributed by atoms with Crippen LogP contribution in [0.5, 0.6) is 11.5 Å². The Morgan fingerprint density at radius 1 is 0.789 bits per heavy atom. The van der Waals surface area contributed by atoms with Gasteiger partial charge >= 0.3 is 0 Å². The Bertz CT molecular complexity index is 521. The van der Waals surface area contributed by atoms with Crippen LogP contribution < -0.4 is 0 Å². The largest absolute Gasteiger partial charge is 0.508 e. The van der Waals surface area contributed by atoms with Crippen molar-refractivity contribution in [3.05, 3.63) is 59.2 Å². The molecule has 2 aromatic rings. The Morgan fingerprint density at radius 2 is 1.32 bits per heavy atom. The zero-order valence-corrected chi connectivity index (χ0v) is 11.4. The van der Waals surface area contributed by atoms with Gasteiger partial charge < -0.3 is 10.2 Å². The number of benzene rings is 2. The molecule has 0 aromatic heterocycles. The summed E-state index contributed by atoms with van der Waals surface area (Å²) in [5, 5.41) is 18.9. The van der Waals surface area contributed by atoms with Gasteiger partial charge in [-0.15, -0.1) is 0 Å². The third-order valence-electron chi connectivity index (χ3n) is 3.31. The molecule has 0 aliphatic carbocycles. The normalized spacial score (nSPS) is 10.9. The molecule has 2 N–H and O–H groups in total. The molecule has 0 amide bonds. The second-order valence-electron chi connectivity index (χ2n) is 5.25. The predicted molar refractivity (Wildman–Crippen MR) is 77.7 cm³/mol. The lowest BCUT2D eigenvalue weighted by Gasteiger charge is -2.07. The van der Waals surface area contributed by atoms with Crippen molar-refractivity contribution in [2.75, 3.05) is 0 Å². The molecule has 2 aromatic carbocycles. The molecule has 2 nitrogen and oxygen atoms in total. The van der Waals surface area contributed by atoms with Gasteiger partial charge in [0.15, 0.2) is 0 Å². The molecule has 2 rings (SSSR count). The molecule has 0 radical (unpaired) electrons. The van der Waals surface area contributed by atoms with Crippen molar-refractivity contribution in [2.45, 2.75) is 32.6 Å². The summed E-state index contributed by atoms with van der Waals surface area (Å²) in [6, 6.07) is 13.4. The Morgan fingerprint density at radius 3 is 1.84 bits per heavy atom. The highest BCUT2D eigenvalue weighted by Gasteiger charge is 2.02. The van der Waals surface area contributed by atoms with Crippen LogP contribution in [0.3, 0.4) is 0 Å². The standard InChI is InChI=1S/C17H20O2/c1-12(2)15-7-5-13(6-8-15)3-4-14-9-16(18)11-17(19)10-14/h5-12,18-19H,3-4H2,1-2H3. The SMILES string of the molecule is CC(C)c1ccc(CCc2cc(O)cc(O)c2)cc1. The van der Waals surface area contributed by atoms with Crippen molar-refractivity contribution in [2.24, 2.45) is 0 Å². The number of aryl methyl sites for hydroxylation is 2. The van der Waals surface area contributed by atoms with E-state index in [4.69, 9.17) is 0 Å². The topological polar surface area (TPSA) is 40.5 Å². The van der Waals surface area contributed by atoms with Crippen molar-refractivity contribution in [3.8, 4) is 11.5 Å². The minimum absolute atomic E-state index is 0.116. The Labute approximate surface area is 114 Å². The van der Waals surface area contributed by atoms with E-state index in [1.807, 2.05) is 0 Å². The number of aromatic hydroxyl groups is 2. The molecule has 19 heavy (non-hydrogen) atoms.